The van der Waals surface area contributed by atoms with Crippen molar-refractivity contribution in [2.24, 2.45) is 7.05 Å². The van der Waals surface area contributed by atoms with E-state index in [0.29, 0.717) is 16.6 Å². The lowest BCUT2D eigenvalue weighted by molar-refractivity contribution is -0.0487. The zero-order valence-electron chi connectivity index (χ0n) is 13.3. The lowest BCUT2D eigenvalue weighted by Crippen LogP contribution is -2.22. The van der Waals surface area contributed by atoms with Crippen molar-refractivity contribution in [3.05, 3.63) is 45.6 Å². The molecule has 0 atom stereocenters. The minimum atomic E-state index is -2.97. The third kappa shape index (κ3) is 3.45. The number of hydrogen-bond acceptors (Lipinski definition) is 4. The summed E-state index contributed by atoms with van der Waals surface area (Å²) in [5.74, 6) is -0.423. The van der Waals surface area contributed by atoms with E-state index in [4.69, 9.17) is 11.6 Å². The fourth-order valence-electron chi connectivity index (χ4n) is 2.39. The molecule has 1 amide bonds. The van der Waals surface area contributed by atoms with E-state index >= 15 is 0 Å². The van der Waals surface area contributed by atoms with Crippen molar-refractivity contribution in [2.75, 3.05) is 0 Å². The van der Waals surface area contributed by atoms with Crippen molar-refractivity contribution < 1.29 is 18.3 Å². The van der Waals surface area contributed by atoms with Gasteiger partial charge in [-0.3, -0.25) is 9.48 Å². The number of thiophene rings is 1. The van der Waals surface area contributed by atoms with Crippen LogP contribution in [-0.2, 0) is 13.6 Å². The van der Waals surface area contributed by atoms with Gasteiger partial charge in [0.1, 0.15) is 10.6 Å². The van der Waals surface area contributed by atoms with E-state index in [1.54, 1.807) is 23.0 Å². The molecule has 3 aromatic rings. The maximum atomic E-state index is 12.5. The van der Waals surface area contributed by atoms with Crippen molar-refractivity contribution in [3.63, 3.8) is 0 Å². The number of alkyl halides is 2. The topological polar surface area (TPSA) is 56.1 Å². The van der Waals surface area contributed by atoms with Gasteiger partial charge >= 0.3 is 6.61 Å². The Morgan fingerprint density at radius 1 is 1.48 bits per heavy atom. The molecular formula is C16H14ClF2N3O2S. The number of amides is 1. The Morgan fingerprint density at radius 2 is 2.24 bits per heavy atom. The summed E-state index contributed by atoms with van der Waals surface area (Å²) in [4.78, 5) is 12.7. The smallest absolute Gasteiger partial charge is 0.387 e. The Bertz CT molecular complexity index is 939. The van der Waals surface area contributed by atoms with Crippen LogP contribution in [0.15, 0.2) is 24.4 Å². The first-order valence-corrected chi connectivity index (χ1v) is 8.49. The van der Waals surface area contributed by atoms with Crippen molar-refractivity contribution in [2.45, 2.75) is 20.1 Å². The fraction of sp³-hybridized carbons (Fsp3) is 0.250. The van der Waals surface area contributed by atoms with Gasteiger partial charge in [-0.2, -0.15) is 13.9 Å². The van der Waals surface area contributed by atoms with Gasteiger partial charge in [0.15, 0.2) is 0 Å². The molecule has 0 saturated heterocycles. The second-order valence-electron chi connectivity index (χ2n) is 5.31. The average Bonchev–Trinajstić information content (AvgIpc) is 3.06. The highest BCUT2D eigenvalue weighted by atomic mass is 35.5. The SMILES string of the molecule is Cc1c(CNC(=O)c2sc3cccc(OC(F)F)c3c2Cl)cnn1C. The fourth-order valence-corrected chi connectivity index (χ4v) is 3.87. The number of benzene rings is 1. The van der Waals surface area contributed by atoms with Crippen LogP contribution in [0, 0.1) is 6.92 Å². The number of aryl methyl sites for hydroxylation is 1. The molecule has 2 aromatic heterocycles. The maximum Gasteiger partial charge on any atom is 0.387 e. The molecule has 2 heterocycles. The summed E-state index contributed by atoms with van der Waals surface area (Å²) in [5.41, 5.74) is 1.82. The number of aromatic nitrogens is 2. The van der Waals surface area contributed by atoms with Gasteiger partial charge in [0.25, 0.3) is 5.91 Å². The third-order valence-electron chi connectivity index (χ3n) is 3.82. The van der Waals surface area contributed by atoms with E-state index in [2.05, 4.69) is 15.2 Å². The highest BCUT2D eigenvalue weighted by Gasteiger charge is 2.21. The quantitative estimate of drug-likeness (QED) is 0.718. The van der Waals surface area contributed by atoms with Gasteiger partial charge in [-0.25, -0.2) is 0 Å². The van der Waals surface area contributed by atoms with Gasteiger partial charge in [0.2, 0.25) is 0 Å². The molecule has 0 bridgehead atoms. The molecule has 0 fully saturated rings. The molecule has 0 unspecified atom stereocenters. The minimum Gasteiger partial charge on any atom is -0.434 e. The number of carbonyl (C=O) groups excluding carboxylic acids is 1. The number of rotatable bonds is 5. The normalized spacial score (nSPS) is 11.3. The summed E-state index contributed by atoms with van der Waals surface area (Å²) in [5, 5.41) is 7.31. The van der Waals surface area contributed by atoms with E-state index in [0.717, 1.165) is 22.6 Å². The van der Waals surface area contributed by atoms with Gasteiger partial charge in [-0.15, -0.1) is 11.3 Å². The molecular weight excluding hydrogens is 372 g/mol. The minimum absolute atomic E-state index is 0.0455. The molecule has 9 heteroatoms. The van der Waals surface area contributed by atoms with Crippen LogP contribution in [0.4, 0.5) is 8.78 Å². The molecule has 0 aliphatic rings. The Morgan fingerprint density at radius 3 is 2.88 bits per heavy atom. The molecule has 0 radical (unpaired) electrons. The van der Waals surface area contributed by atoms with Crippen molar-refractivity contribution >= 4 is 38.9 Å². The Hall–Kier alpha value is -2.19. The monoisotopic (exact) mass is 385 g/mol. The van der Waals surface area contributed by atoms with E-state index in [1.165, 1.54) is 6.07 Å². The second kappa shape index (κ2) is 6.97. The summed E-state index contributed by atoms with van der Waals surface area (Å²) in [6.07, 6.45) is 1.68. The first-order chi connectivity index (χ1) is 11.9. The van der Waals surface area contributed by atoms with E-state index in [1.807, 2.05) is 14.0 Å². The number of ether oxygens (including phenoxy) is 1. The summed E-state index contributed by atoms with van der Waals surface area (Å²) in [6.45, 7) is -0.773. The van der Waals surface area contributed by atoms with E-state index in [-0.39, 0.29) is 21.6 Å². The lowest BCUT2D eigenvalue weighted by atomic mass is 10.2. The summed E-state index contributed by atoms with van der Waals surface area (Å²) >= 11 is 7.39. The third-order valence-corrected chi connectivity index (χ3v) is 5.46. The summed E-state index contributed by atoms with van der Waals surface area (Å²) in [7, 11) is 1.81. The highest BCUT2D eigenvalue weighted by Crippen LogP contribution is 2.41. The van der Waals surface area contributed by atoms with Crippen molar-refractivity contribution in [1.29, 1.82) is 0 Å². The first-order valence-electron chi connectivity index (χ1n) is 7.30. The van der Waals surface area contributed by atoms with Crippen LogP contribution in [0.2, 0.25) is 5.02 Å². The molecule has 132 valence electrons. The molecule has 5 nitrogen and oxygen atoms in total. The molecule has 3 rings (SSSR count). The molecule has 1 N–H and O–H groups in total. The van der Waals surface area contributed by atoms with Crippen molar-refractivity contribution in [1.82, 2.24) is 15.1 Å². The standard InChI is InChI=1S/C16H14ClF2N3O2S/c1-8-9(7-21-22(8)2)6-20-15(23)14-13(17)12-10(24-16(18)19)4-3-5-11(12)25-14/h3-5,7,16H,6H2,1-2H3,(H,20,23). The molecule has 25 heavy (non-hydrogen) atoms. The van der Waals surface area contributed by atoms with E-state index in [9.17, 15) is 13.6 Å². The van der Waals surface area contributed by atoms with Crippen LogP contribution in [0.3, 0.4) is 0 Å². The van der Waals surface area contributed by atoms with Crippen LogP contribution in [0.25, 0.3) is 10.1 Å². The van der Waals surface area contributed by atoms with Gasteiger partial charge in [0, 0.05) is 29.5 Å². The molecule has 1 aromatic carbocycles. The van der Waals surface area contributed by atoms with Gasteiger partial charge in [0.05, 0.1) is 16.6 Å². The Kier molecular flexibility index (Phi) is 4.91. The summed E-state index contributed by atoms with van der Waals surface area (Å²) in [6, 6.07) is 4.67. The number of carbonyl (C=O) groups is 1. The lowest BCUT2D eigenvalue weighted by Gasteiger charge is -2.06. The molecule has 0 aliphatic carbocycles. The predicted octanol–water partition coefficient (Wildman–Crippen LogP) is 4.13. The molecule has 0 spiro atoms. The number of nitrogens with zero attached hydrogens (tertiary/aromatic N) is 2. The van der Waals surface area contributed by atoms with Gasteiger partial charge in [-0.05, 0) is 19.1 Å². The van der Waals surface area contributed by atoms with Crippen LogP contribution in [-0.4, -0.2) is 22.3 Å². The van der Waals surface area contributed by atoms with Crippen LogP contribution < -0.4 is 10.1 Å². The molecule has 0 aliphatic heterocycles. The zero-order valence-corrected chi connectivity index (χ0v) is 14.9. The second-order valence-corrected chi connectivity index (χ2v) is 6.74. The Balaban J connectivity index is 1.86. The van der Waals surface area contributed by atoms with Gasteiger partial charge in [-0.1, -0.05) is 17.7 Å². The number of halogens is 3. The molecule has 0 saturated carbocycles. The number of fused-ring (bicyclic) bond motifs is 1. The Labute approximate surface area is 151 Å². The first kappa shape index (κ1) is 17.6. The van der Waals surface area contributed by atoms with E-state index < -0.39 is 6.61 Å². The number of hydrogen-bond donors (Lipinski definition) is 1. The largest absolute Gasteiger partial charge is 0.434 e. The summed E-state index contributed by atoms with van der Waals surface area (Å²) < 4.78 is 31.9. The maximum absolute atomic E-state index is 12.5. The van der Waals surface area contributed by atoms with Crippen molar-refractivity contribution in [3.8, 4) is 5.75 Å². The van der Waals surface area contributed by atoms with Crippen LogP contribution >= 0.6 is 22.9 Å². The van der Waals surface area contributed by atoms with Crippen LogP contribution in [0.1, 0.15) is 20.9 Å². The average molecular weight is 386 g/mol. The highest BCUT2D eigenvalue weighted by molar-refractivity contribution is 7.21. The van der Waals surface area contributed by atoms with Crippen LogP contribution in [0.5, 0.6) is 5.75 Å². The van der Waals surface area contributed by atoms with Gasteiger partial charge < -0.3 is 10.1 Å². The predicted molar refractivity (Wildman–Crippen MR) is 92.6 cm³/mol. The number of nitrogens with one attached hydrogen (secondary N) is 1. The zero-order chi connectivity index (χ0) is 18.1.